The van der Waals surface area contributed by atoms with Crippen LogP contribution in [-0.2, 0) is 9.59 Å². The fourth-order valence-electron chi connectivity index (χ4n) is 4.70. The standard InChI is InChI=1S/C26H34N4O5/c1-3-4-14-26(30-24(33)34,21(31)22(32)29-19(2)20-10-6-5-7-11-20)17-25(12-8-13-25)18-35-23-27-15-9-16-28-23/h5-7,9-11,15-16,19,30H,3-4,8,12-14,17-18H2,1-2H3,(H,29,32)(H,33,34)/t19-,26?/m1/s1. The molecular weight excluding hydrogens is 448 g/mol. The first-order valence-electron chi connectivity index (χ1n) is 12.1. The van der Waals surface area contributed by atoms with Gasteiger partial charge in [0.1, 0.15) is 5.54 Å². The van der Waals surface area contributed by atoms with Crippen molar-refractivity contribution in [3.63, 3.8) is 0 Å². The van der Waals surface area contributed by atoms with Crippen LogP contribution in [0.2, 0.25) is 0 Å². The van der Waals surface area contributed by atoms with Crippen LogP contribution in [0.5, 0.6) is 6.01 Å². The molecule has 9 nitrogen and oxygen atoms in total. The number of rotatable bonds is 13. The maximum Gasteiger partial charge on any atom is 0.405 e. The zero-order chi connectivity index (χ0) is 25.3. The molecule has 0 saturated heterocycles. The number of carbonyl (C=O) groups excluding carboxylic acids is 2. The van der Waals surface area contributed by atoms with Crippen LogP contribution < -0.4 is 15.4 Å². The first-order valence-corrected chi connectivity index (χ1v) is 12.1. The van der Waals surface area contributed by atoms with Crippen LogP contribution in [0.1, 0.15) is 70.4 Å². The van der Waals surface area contributed by atoms with Crippen molar-refractivity contribution in [3.8, 4) is 6.01 Å². The van der Waals surface area contributed by atoms with Gasteiger partial charge in [0.25, 0.3) is 5.91 Å². The Balaban J connectivity index is 1.83. The lowest BCUT2D eigenvalue weighted by Crippen LogP contribution is -2.62. The SMILES string of the molecule is CCCCC(CC1(COc2ncccn2)CCC1)(NC(=O)O)C(=O)C(=O)N[C@H](C)c1ccccc1. The first kappa shape index (κ1) is 26.1. The van der Waals surface area contributed by atoms with Gasteiger partial charge in [0.2, 0.25) is 5.78 Å². The first-order chi connectivity index (χ1) is 16.8. The van der Waals surface area contributed by atoms with E-state index >= 15 is 0 Å². The van der Waals surface area contributed by atoms with Gasteiger partial charge in [-0.1, -0.05) is 56.5 Å². The minimum Gasteiger partial charge on any atom is -0.465 e. The fraction of sp³-hybridized carbons (Fsp3) is 0.500. The summed E-state index contributed by atoms with van der Waals surface area (Å²) in [5, 5.41) is 14.9. The van der Waals surface area contributed by atoms with Crippen molar-refractivity contribution in [3.05, 3.63) is 54.4 Å². The van der Waals surface area contributed by atoms with Gasteiger partial charge in [0, 0.05) is 17.8 Å². The Bertz CT molecular complexity index is 997. The summed E-state index contributed by atoms with van der Waals surface area (Å²) in [7, 11) is 0. The third-order valence-corrected chi connectivity index (χ3v) is 6.73. The van der Waals surface area contributed by atoms with Crippen molar-refractivity contribution >= 4 is 17.8 Å². The van der Waals surface area contributed by atoms with Crippen LogP contribution in [0.4, 0.5) is 4.79 Å². The predicted octanol–water partition coefficient (Wildman–Crippen LogP) is 4.06. The van der Waals surface area contributed by atoms with E-state index in [1.807, 2.05) is 37.3 Å². The third-order valence-electron chi connectivity index (χ3n) is 6.73. The Morgan fingerprint density at radius 1 is 1.14 bits per heavy atom. The van der Waals surface area contributed by atoms with Gasteiger partial charge in [-0.15, -0.1) is 0 Å². The molecule has 1 aromatic heterocycles. The van der Waals surface area contributed by atoms with Crippen molar-refractivity contribution in [2.75, 3.05) is 6.61 Å². The lowest BCUT2D eigenvalue weighted by molar-refractivity contribution is -0.144. The van der Waals surface area contributed by atoms with Crippen LogP contribution in [-0.4, -0.2) is 45.0 Å². The zero-order valence-corrected chi connectivity index (χ0v) is 20.3. The molecule has 0 aliphatic heterocycles. The number of hydrogen-bond acceptors (Lipinski definition) is 6. The molecule has 0 spiro atoms. The number of carboxylic acid groups (broad SMARTS) is 1. The number of nitrogens with one attached hydrogen (secondary N) is 2. The minimum atomic E-state index is -1.55. The third kappa shape index (κ3) is 6.77. The van der Waals surface area contributed by atoms with Crippen molar-refractivity contribution in [2.24, 2.45) is 5.41 Å². The maximum atomic E-state index is 13.7. The Morgan fingerprint density at radius 3 is 2.40 bits per heavy atom. The molecule has 3 N–H and O–H groups in total. The number of unbranched alkanes of at least 4 members (excludes halogenated alkanes) is 1. The van der Waals surface area contributed by atoms with Crippen molar-refractivity contribution in [1.29, 1.82) is 0 Å². The Kier molecular flexibility index (Phi) is 8.78. The zero-order valence-electron chi connectivity index (χ0n) is 20.3. The largest absolute Gasteiger partial charge is 0.465 e. The lowest BCUT2D eigenvalue weighted by atomic mass is 9.61. The van der Waals surface area contributed by atoms with Gasteiger partial charge in [-0.2, -0.15) is 0 Å². The Morgan fingerprint density at radius 2 is 1.83 bits per heavy atom. The van der Waals surface area contributed by atoms with Gasteiger partial charge in [-0.05, 0) is 44.2 Å². The predicted molar refractivity (Wildman–Crippen MR) is 130 cm³/mol. The molecular formula is C26H34N4O5. The molecule has 9 heteroatoms. The monoisotopic (exact) mass is 482 g/mol. The molecule has 0 bridgehead atoms. The van der Waals surface area contributed by atoms with Crippen molar-refractivity contribution in [1.82, 2.24) is 20.6 Å². The summed E-state index contributed by atoms with van der Waals surface area (Å²) >= 11 is 0. The van der Waals surface area contributed by atoms with Crippen LogP contribution in [0.3, 0.4) is 0 Å². The van der Waals surface area contributed by atoms with Crippen molar-refractivity contribution in [2.45, 2.75) is 70.4 Å². The highest BCUT2D eigenvalue weighted by molar-refractivity contribution is 6.40. The highest BCUT2D eigenvalue weighted by atomic mass is 16.5. The van der Waals surface area contributed by atoms with E-state index in [-0.39, 0.29) is 25.5 Å². The molecule has 1 unspecified atom stereocenters. The van der Waals surface area contributed by atoms with Crippen LogP contribution in [0, 0.1) is 5.41 Å². The minimum absolute atomic E-state index is 0.172. The van der Waals surface area contributed by atoms with E-state index in [2.05, 4.69) is 20.6 Å². The highest BCUT2D eigenvalue weighted by Crippen LogP contribution is 2.48. The summed E-state index contributed by atoms with van der Waals surface area (Å²) in [5.74, 6) is -1.56. The molecule has 2 amide bonds. The number of aromatic nitrogens is 2. The number of ketones is 1. The molecule has 1 aliphatic carbocycles. The van der Waals surface area contributed by atoms with E-state index in [4.69, 9.17) is 4.74 Å². The van der Waals surface area contributed by atoms with Crippen LogP contribution in [0.25, 0.3) is 0 Å². The second-order valence-electron chi connectivity index (χ2n) is 9.40. The molecule has 35 heavy (non-hydrogen) atoms. The topological polar surface area (TPSA) is 131 Å². The lowest BCUT2D eigenvalue weighted by Gasteiger charge is -2.47. The number of nitrogens with zero attached hydrogens (tertiary/aromatic N) is 2. The van der Waals surface area contributed by atoms with Gasteiger partial charge in [-0.25, -0.2) is 14.8 Å². The van der Waals surface area contributed by atoms with Crippen LogP contribution in [0.15, 0.2) is 48.8 Å². The molecule has 1 fully saturated rings. The smallest absolute Gasteiger partial charge is 0.405 e. The number of carbonyl (C=O) groups is 3. The molecule has 1 heterocycles. The fourth-order valence-corrected chi connectivity index (χ4v) is 4.70. The van der Waals surface area contributed by atoms with E-state index in [9.17, 15) is 19.5 Å². The molecule has 1 aliphatic rings. The average molecular weight is 483 g/mol. The van der Waals surface area contributed by atoms with E-state index in [1.54, 1.807) is 25.4 Å². The molecule has 0 radical (unpaired) electrons. The number of ether oxygens (including phenoxy) is 1. The molecule has 2 atom stereocenters. The Labute approximate surface area is 205 Å². The average Bonchev–Trinajstić information content (AvgIpc) is 2.84. The molecule has 3 rings (SSSR count). The summed E-state index contributed by atoms with van der Waals surface area (Å²) in [4.78, 5) is 46.9. The summed E-state index contributed by atoms with van der Waals surface area (Å²) in [6.07, 6.45) is 6.00. The van der Waals surface area contributed by atoms with Gasteiger partial charge in [0.15, 0.2) is 0 Å². The Hall–Kier alpha value is -3.49. The summed E-state index contributed by atoms with van der Waals surface area (Å²) < 4.78 is 5.82. The van der Waals surface area contributed by atoms with Gasteiger partial charge in [0.05, 0.1) is 12.6 Å². The van der Waals surface area contributed by atoms with Crippen LogP contribution >= 0.6 is 0 Å². The number of benzene rings is 1. The van der Waals surface area contributed by atoms with E-state index in [0.29, 0.717) is 6.42 Å². The highest BCUT2D eigenvalue weighted by Gasteiger charge is 2.51. The van der Waals surface area contributed by atoms with Gasteiger partial charge < -0.3 is 20.5 Å². The summed E-state index contributed by atoms with van der Waals surface area (Å²) in [6.45, 7) is 3.99. The number of Topliss-reactive ketones (excluding diaryl/α,β-unsaturated/α-hetero) is 1. The van der Waals surface area contributed by atoms with Gasteiger partial charge in [-0.3, -0.25) is 9.59 Å². The maximum absolute atomic E-state index is 13.7. The quantitative estimate of drug-likeness (QED) is 0.367. The molecule has 1 aromatic carbocycles. The van der Waals surface area contributed by atoms with Gasteiger partial charge >= 0.3 is 12.1 Å². The van der Waals surface area contributed by atoms with E-state index in [0.717, 1.165) is 31.2 Å². The second kappa shape index (κ2) is 11.8. The number of hydrogen-bond donors (Lipinski definition) is 3. The molecule has 188 valence electrons. The summed E-state index contributed by atoms with van der Waals surface area (Å²) in [6, 6.07) is 10.8. The second-order valence-corrected chi connectivity index (χ2v) is 9.40. The summed E-state index contributed by atoms with van der Waals surface area (Å²) in [5.41, 5.74) is -1.16. The molecule has 2 aromatic rings. The van der Waals surface area contributed by atoms with E-state index < -0.39 is 34.8 Å². The normalized spacial score (nSPS) is 16.7. The van der Waals surface area contributed by atoms with E-state index in [1.165, 1.54) is 0 Å². The van der Waals surface area contributed by atoms with Crippen molar-refractivity contribution < 1.29 is 24.2 Å². The molecule has 1 saturated carbocycles. The number of amides is 2.